The molecule has 0 aliphatic carbocycles. The Morgan fingerprint density at radius 3 is 2.88 bits per heavy atom. The van der Waals surface area contributed by atoms with Crippen molar-refractivity contribution in [1.29, 1.82) is 0 Å². The van der Waals surface area contributed by atoms with Crippen molar-refractivity contribution in [3.05, 3.63) is 46.7 Å². The largest absolute Gasteiger partial charge is 0.424 e. The van der Waals surface area contributed by atoms with Crippen molar-refractivity contribution in [3.63, 3.8) is 0 Å². The van der Waals surface area contributed by atoms with Gasteiger partial charge in [-0.05, 0) is 30.5 Å². The summed E-state index contributed by atoms with van der Waals surface area (Å²) in [5.41, 5.74) is 1.70. The van der Waals surface area contributed by atoms with Crippen LogP contribution in [0.25, 0.3) is 11.1 Å². The van der Waals surface area contributed by atoms with Crippen molar-refractivity contribution < 1.29 is 4.42 Å². The quantitative estimate of drug-likeness (QED) is 0.755. The van der Waals surface area contributed by atoms with Gasteiger partial charge >= 0.3 is 0 Å². The summed E-state index contributed by atoms with van der Waals surface area (Å²) in [6.45, 7) is 2.10. The van der Waals surface area contributed by atoms with Gasteiger partial charge in [-0.1, -0.05) is 18.2 Å². The molecule has 4 heteroatoms. The molecule has 0 spiro atoms. The first kappa shape index (κ1) is 10.4. The Balaban J connectivity index is 1.85. The second-order valence-electron chi connectivity index (χ2n) is 3.87. The van der Waals surface area contributed by atoms with Gasteiger partial charge < -0.3 is 9.73 Å². The van der Waals surface area contributed by atoms with Crippen LogP contribution in [0, 0.1) is 0 Å². The monoisotopic (exact) mass is 244 g/mol. The lowest BCUT2D eigenvalue weighted by Gasteiger charge is -2.08. The number of rotatable bonds is 3. The molecule has 1 aromatic carbocycles. The Hall–Kier alpha value is -1.81. The maximum atomic E-state index is 5.62. The lowest BCUT2D eigenvalue weighted by molar-refractivity contribution is 0.605. The molecular formula is C13H12N2OS. The zero-order valence-electron chi connectivity index (χ0n) is 9.38. The predicted molar refractivity (Wildman–Crippen MR) is 70.4 cm³/mol. The molecule has 0 aliphatic rings. The van der Waals surface area contributed by atoms with Gasteiger partial charge in [-0.25, -0.2) is 0 Å². The van der Waals surface area contributed by atoms with Gasteiger partial charge in [-0.3, -0.25) is 0 Å². The summed E-state index contributed by atoms with van der Waals surface area (Å²) in [5, 5.41) is 5.34. The first-order valence-electron chi connectivity index (χ1n) is 5.48. The van der Waals surface area contributed by atoms with E-state index in [-0.39, 0.29) is 6.04 Å². The Bertz CT molecular complexity index is 582. The van der Waals surface area contributed by atoms with E-state index in [0.717, 1.165) is 11.1 Å². The van der Waals surface area contributed by atoms with Crippen LogP contribution in [0.2, 0.25) is 0 Å². The predicted octanol–water partition coefficient (Wildman–Crippen LogP) is 4.06. The number of aromatic nitrogens is 1. The summed E-state index contributed by atoms with van der Waals surface area (Å²) in [4.78, 5) is 5.66. The number of hydrogen-bond acceptors (Lipinski definition) is 4. The first-order chi connectivity index (χ1) is 8.33. The number of nitrogens with zero attached hydrogens (tertiary/aromatic N) is 1. The summed E-state index contributed by atoms with van der Waals surface area (Å²) in [7, 11) is 0. The van der Waals surface area contributed by atoms with E-state index in [4.69, 9.17) is 4.42 Å². The molecule has 1 N–H and O–H groups in total. The molecule has 0 bridgehead atoms. The van der Waals surface area contributed by atoms with E-state index >= 15 is 0 Å². The number of hydrogen-bond donors (Lipinski definition) is 1. The van der Waals surface area contributed by atoms with Crippen LogP contribution < -0.4 is 5.32 Å². The van der Waals surface area contributed by atoms with Crippen molar-refractivity contribution in [3.8, 4) is 0 Å². The molecule has 3 aromatic rings. The van der Waals surface area contributed by atoms with Gasteiger partial charge in [0.2, 0.25) is 0 Å². The van der Waals surface area contributed by atoms with E-state index in [1.165, 1.54) is 4.88 Å². The zero-order chi connectivity index (χ0) is 11.7. The fraction of sp³-hybridized carbons (Fsp3) is 0.154. The normalized spacial score (nSPS) is 12.8. The zero-order valence-corrected chi connectivity index (χ0v) is 10.2. The summed E-state index contributed by atoms with van der Waals surface area (Å²) < 4.78 is 5.62. The topological polar surface area (TPSA) is 38.1 Å². The van der Waals surface area contributed by atoms with Crippen LogP contribution in [0.5, 0.6) is 0 Å². The second-order valence-corrected chi connectivity index (χ2v) is 4.85. The van der Waals surface area contributed by atoms with Crippen molar-refractivity contribution in [1.82, 2.24) is 4.98 Å². The molecule has 86 valence electrons. The summed E-state index contributed by atoms with van der Waals surface area (Å²) in [6.07, 6.45) is 0. The third kappa shape index (κ3) is 2.03. The molecule has 2 aromatic heterocycles. The Morgan fingerprint density at radius 2 is 2.12 bits per heavy atom. The Kier molecular flexibility index (Phi) is 2.57. The van der Waals surface area contributed by atoms with Gasteiger partial charge in [0.15, 0.2) is 5.58 Å². The standard InChI is InChI=1S/C13H12N2OS/c1-9(12-7-4-8-17-12)14-13-15-10-5-2-3-6-11(10)16-13/h2-9H,1H3,(H,14,15). The Labute approximate surface area is 103 Å². The molecule has 0 amide bonds. The summed E-state index contributed by atoms with van der Waals surface area (Å²) >= 11 is 1.73. The molecule has 0 fully saturated rings. The van der Waals surface area contributed by atoms with Crippen LogP contribution in [-0.2, 0) is 0 Å². The van der Waals surface area contributed by atoms with Crippen LogP contribution in [-0.4, -0.2) is 4.98 Å². The number of nitrogens with one attached hydrogen (secondary N) is 1. The molecule has 1 unspecified atom stereocenters. The van der Waals surface area contributed by atoms with E-state index in [2.05, 4.69) is 28.7 Å². The van der Waals surface area contributed by atoms with Crippen LogP contribution in [0.1, 0.15) is 17.8 Å². The van der Waals surface area contributed by atoms with Crippen LogP contribution in [0.4, 0.5) is 6.01 Å². The highest BCUT2D eigenvalue weighted by Gasteiger charge is 2.10. The third-order valence-electron chi connectivity index (χ3n) is 2.60. The van der Waals surface area contributed by atoms with Crippen molar-refractivity contribution in [2.45, 2.75) is 13.0 Å². The van der Waals surface area contributed by atoms with Gasteiger partial charge in [-0.2, -0.15) is 4.98 Å². The lowest BCUT2D eigenvalue weighted by Crippen LogP contribution is -2.04. The molecule has 0 aliphatic heterocycles. The molecule has 2 heterocycles. The highest BCUT2D eigenvalue weighted by Crippen LogP contribution is 2.25. The van der Waals surface area contributed by atoms with Gasteiger partial charge in [0.1, 0.15) is 5.52 Å². The van der Waals surface area contributed by atoms with E-state index < -0.39 is 0 Å². The van der Waals surface area contributed by atoms with Crippen LogP contribution in [0.15, 0.2) is 46.2 Å². The average molecular weight is 244 g/mol. The number of anilines is 1. The number of oxazole rings is 1. The van der Waals surface area contributed by atoms with Crippen molar-refractivity contribution >= 4 is 28.5 Å². The molecule has 3 nitrogen and oxygen atoms in total. The summed E-state index contributed by atoms with van der Waals surface area (Å²) in [6, 6.07) is 12.7. The fourth-order valence-corrected chi connectivity index (χ4v) is 2.46. The number of thiophene rings is 1. The van der Waals surface area contributed by atoms with E-state index in [9.17, 15) is 0 Å². The van der Waals surface area contributed by atoms with Crippen molar-refractivity contribution in [2.24, 2.45) is 0 Å². The minimum atomic E-state index is 0.211. The van der Waals surface area contributed by atoms with Crippen LogP contribution in [0.3, 0.4) is 0 Å². The fourth-order valence-electron chi connectivity index (χ4n) is 1.73. The average Bonchev–Trinajstić information content (AvgIpc) is 2.97. The molecule has 3 rings (SSSR count). The maximum absolute atomic E-state index is 5.62. The van der Waals surface area contributed by atoms with Gasteiger partial charge in [-0.15, -0.1) is 11.3 Å². The van der Waals surface area contributed by atoms with E-state index in [1.807, 2.05) is 30.3 Å². The maximum Gasteiger partial charge on any atom is 0.296 e. The van der Waals surface area contributed by atoms with Crippen LogP contribution >= 0.6 is 11.3 Å². The molecule has 1 atom stereocenters. The molecule has 0 saturated heterocycles. The molecular weight excluding hydrogens is 232 g/mol. The second kappa shape index (κ2) is 4.22. The van der Waals surface area contributed by atoms with E-state index in [0.29, 0.717) is 6.01 Å². The smallest absolute Gasteiger partial charge is 0.296 e. The van der Waals surface area contributed by atoms with E-state index in [1.54, 1.807) is 11.3 Å². The summed E-state index contributed by atoms with van der Waals surface area (Å²) in [5.74, 6) is 0. The van der Waals surface area contributed by atoms with Gasteiger partial charge in [0.25, 0.3) is 6.01 Å². The van der Waals surface area contributed by atoms with Crippen molar-refractivity contribution in [2.75, 3.05) is 5.32 Å². The Morgan fingerprint density at radius 1 is 1.24 bits per heavy atom. The minimum Gasteiger partial charge on any atom is -0.424 e. The number of para-hydroxylation sites is 2. The number of benzene rings is 1. The minimum absolute atomic E-state index is 0.211. The number of fused-ring (bicyclic) bond motifs is 1. The molecule has 0 saturated carbocycles. The van der Waals surface area contributed by atoms with Gasteiger partial charge in [0, 0.05) is 4.88 Å². The molecule has 17 heavy (non-hydrogen) atoms. The third-order valence-corrected chi connectivity index (χ3v) is 3.66. The highest BCUT2D eigenvalue weighted by molar-refractivity contribution is 7.10. The highest BCUT2D eigenvalue weighted by atomic mass is 32.1. The van der Waals surface area contributed by atoms with Gasteiger partial charge in [0.05, 0.1) is 6.04 Å². The molecule has 0 radical (unpaired) electrons. The SMILES string of the molecule is CC(Nc1nc2ccccc2o1)c1cccs1. The lowest BCUT2D eigenvalue weighted by atomic mass is 10.3. The first-order valence-corrected chi connectivity index (χ1v) is 6.36.